The van der Waals surface area contributed by atoms with E-state index in [0.29, 0.717) is 4.99 Å². The van der Waals surface area contributed by atoms with Crippen LogP contribution in [-0.2, 0) is 0 Å². The molecule has 0 aliphatic heterocycles. The van der Waals surface area contributed by atoms with Crippen LogP contribution in [0.2, 0.25) is 0 Å². The van der Waals surface area contributed by atoms with E-state index < -0.39 is 0 Å². The standard InChI is InChI=1S/C12H17BrN2OS/c1-8(16)5-6-15(2)11-4-3-9(12(14)17)7-10(11)13/h3-4,7-8,16H,5-6H2,1-2H3,(H2,14,17). The maximum Gasteiger partial charge on any atom is 0.104 e. The van der Waals surface area contributed by atoms with Gasteiger partial charge < -0.3 is 15.7 Å². The minimum Gasteiger partial charge on any atom is -0.393 e. The summed E-state index contributed by atoms with van der Waals surface area (Å²) >= 11 is 8.43. The number of benzene rings is 1. The molecule has 1 unspecified atom stereocenters. The Morgan fingerprint density at radius 3 is 2.71 bits per heavy atom. The van der Waals surface area contributed by atoms with E-state index in [0.717, 1.165) is 28.7 Å². The van der Waals surface area contributed by atoms with Gasteiger partial charge in [-0.15, -0.1) is 0 Å². The summed E-state index contributed by atoms with van der Waals surface area (Å²) in [7, 11) is 1.99. The Kier molecular flexibility index (Phi) is 5.36. The lowest BCUT2D eigenvalue weighted by atomic mass is 10.2. The monoisotopic (exact) mass is 316 g/mol. The van der Waals surface area contributed by atoms with Crippen LogP contribution < -0.4 is 10.6 Å². The van der Waals surface area contributed by atoms with E-state index in [4.69, 9.17) is 18.0 Å². The quantitative estimate of drug-likeness (QED) is 0.818. The Hall–Kier alpha value is -0.650. The fourth-order valence-electron chi connectivity index (χ4n) is 1.47. The zero-order chi connectivity index (χ0) is 13.0. The van der Waals surface area contributed by atoms with E-state index in [-0.39, 0.29) is 6.10 Å². The highest BCUT2D eigenvalue weighted by Gasteiger charge is 2.08. The van der Waals surface area contributed by atoms with Crippen molar-refractivity contribution in [3.05, 3.63) is 28.2 Å². The number of hydrogen-bond donors (Lipinski definition) is 2. The average molecular weight is 317 g/mol. The minimum absolute atomic E-state index is 0.285. The van der Waals surface area contributed by atoms with Crippen LogP contribution >= 0.6 is 28.1 Å². The molecule has 1 aromatic carbocycles. The molecule has 0 saturated carbocycles. The van der Waals surface area contributed by atoms with Gasteiger partial charge in [0.25, 0.3) is 0 Å². The van der Waals surface area contributed by atoms with Crippen molar-refractivity contribution in [2.24, 2.45) is 5.73 Å². The highest BCUT2D eigenvalue weighted by Crippen LogP contribution is 2.26. The summed E-state index contributed by atoms with van der Waals surface area (Å²) in [4.78, 5) is 2.48. The van der Waals surface area contributed by atoms with E-state index in [1.807, 2.05) is 25.2 Å². The van der Waals surface area contributed by atoms with Gasteiger partial charge in [-0.25, -0.2) is 0 Å². The highest BCUT2D eigenvalue weighted by atomic mass is 79.9. The second kappa shape index (κ2) is 6.33. The first kappa shape index (κ1) is 14.4. The fourth-order valence-corrected chi connectivity index (χ4v) is 2.28. The van der Waals surface area contributed by atoms with Crippen LogP contribution in [0, 0.1) is 0 Å². The minimum atomic E-state index is -0.285. The molecule has 3 N–H and O–H groups in total. The van der Waals surface area contributed by atoms with Crippen molar-refractivity contribution in [2.75, 3.05) is 18.5 Å². The van der Waals surface area contributed by atoms with Crippen molar-refractivity contribution in [1.29, 1.82) is 0 Å². The number of rotatable bonds is 5. The third-order valence-corrected chi connectivity index (χ3v) is 3.40. The van der Waals surface area contributed by atoms with Gasteiger partial charge in [-0.2, -0.15) is 0 Å². The van der Waals surface area contributed by atoms with Crippen molar-refractivity contribution < 1.29 is 5.11 Å². The molecule has 0 spiro atoms. The van der Waals surface area contributed by atoms with Crippen LogP contribution in [0.3, 0.4) is 0 Å². The van der Waals surface area contributed by atoms with Gasteiger partial charge in [-0.05, 0) is 47.5 Å². The molecule has 0 radical (unpaired) electrons. The van der Waals surface area contributed by atoms with E-state index in [1.54, 1.807) is 6.92 Å². The van der Waals surface area contributed by atoms with Crippen molar-refractivity contribution in [1.82, 2.24) is 0 Å². The number of anilines is 1. The second-order valence-corrected chi connectivity index (χ2v) is 5.38. The molecule has 1 rings (SSSR count). The molecule has 0 bridgehead atoms. The van der Waals surface area contributed by atoms with Crippen LogP contribution in [0.15, 0.2) is 22.7 Å². The fraction of sp³-hybridized carbons (Fsp3) is 0.417. The van der Waals surface area contributed by atoms with Crippen LogP contribution in [0.5, 0.6) is 0 Å². The molecule has 0 aliphatic carbocycles. The van der Waals surface area contributed by atoms with Crippen LogP contribution in [-0.4, -0.2) is 29.8 Å². The first-order valence-electron chi connectivity index (χ1n) is 5.40. The van der Waals surface area contributed by atoms with E-state index in [1.165, 1.54) is 0 Å². The molecule has 94 valence electrons. The Labute approximate surface area is 116 Å². The third-order valence-electron chi connectivity index (χ3n) is 2.53. The normalized spacial score (nSPS) is 12.2. The summed E-state index contributed by atoms with van der Waals surface area (Å²) in [5.74, 6) is 0. The first-order chi connectivity index (χ1) is 7.91. The molecule has 5 heteroatoms. The van der Waals surface area contributed by atoms with Gasteiger partial charge in [-0.3, -0.25) is 0 Å². The van der Waals surface area contributed by atoms with Gasteiger partial charge in [0.1, 0.15) is 4.99 Å². The number of aliphatic hydroxyl groups is 1. The largest absolute Gasteiger partial charge is 0.393 e. The van der Waals surface area contributed by atoms with Crippen molar-refractivity contribution in [2.45, 2.75) is 19.4 Å². The van der Waals surface area contributed by atoms with Gasteiger partial charge in [-0.1, -0.05) is 12.2 Å². The third kappa shape index (κ3) is 4.26. The summed E-state index contributed by atoms with van der Waals surface area (Å²) in [5, 5.41) is 9.26. The van der Waals surface area contributed by atoms with Gasteiger partial charge >= 0.3 is 0 Å². The predicted octanol–water partition coefficient (Wildman–Crippen LogP) is 2.29. The average Bonchev–Trinajstić information content (AvgIpc) is 2.25. The molecule has 0 aromatic heterocycles. The van der Waals surface area contributed by atoms with E-state index >= 15 is 0 Å². The number of hydrogen-bond acceptors (Lipinski definition) is 3. The van der Waals surface area contributed by atoms with Crippen molar-refractivity contribution in [3.8, 4) is 0 Å². The Morgan fingerprint density at radius 2 is 2.24 bits per heavy atom. The summed E-state index contributed by atoms with van der Waals surface area (Å²) in [6, 6.07) is 5.79. The molecule has 17 heavy (non-hydrogen) atoms. The molecule has 0 saturated heterocycles. The topological polar surface area (TPSA) is 49.5 Å². The number of nitrogens with two attached hydrogens (primary N) is 1. The lowest BCUT2D eigenvalue weighted by molar-refractivity contribution is 0.187. The summed E-state index contributed by atoms with van der Waals surface area (Å²) in [6.07, 6.45) is 0.451. The van der Waals surface area contributed by atoms with Crippen molar-refractivity contribution >= 4 is 38.8 Å². The molecular weight excluding hydrogens is 300 g/mol. The van der Waals surface area contributed by atoms with E-state index in [9.17, 15) is 5.11 Å². The zero-order valence-electron chi connectivity index (χ0n) is 9.98. The lowest BCUT2D eigenvalue weighted by Crippen LogP contribution is -2.22. The Bertz CT molecular complexity index is 409. The van der Waals surface area contributed by atoms with E-state index in [2.05, 4.69) is 20.8 Å². The molecule has 0 aliphatic rings. The molecule has 0 amide bonds. The molecule has 1 atom stereocenters. The molecule has 0 heterocycles. The highest BCUT2D eigenvalue weighted by molar-refractivity contribution is 9.10. The Morgan fingerprint density at radius 1 is 1.59 bits per heavy atom. The molecule has 0 fully saturated rings. The van der Waals surface area contributed by atoms with Gasteiger partial charge in [0.05, 0.1) is 11.8 Å². The number of thiocarbonyl (C=S) groups is 1. The zero-order valence-corrected chi connectivity index (χ0v) is 12.4. The van der Waals surface area contributed by atoms with Crippen LogP contribution in [0.25, 0.3) is 0 Å². The Balaban J connectivity index is 2.81. The number of halogens is 1. The second-order valence-electron chi connectivity index (χ2n) is 4.09. The smallest absolute Gasteiger partial charge is 0.104 e. The first-order valence-corrected chi connectivity index (χ1v) is 6.60. The number of nitrogens with zero attached hydrogens (tertiary/aromatic N) is 1. The predicted molar refractivity (Wildman–Crippen MR) is 79.6 cm³/mol. The molecular formula is C12H17BrN2OS. The van der Waals surface area contributed by atoms with Gasteiger partial charge in [0, 0.05) is 23.6 Å². The number of aliphatic hydroxyl groups excluding tert-OH is 1. The van der Waals surface area contributed by atoms with Crippen LogP contribution in [0.1, 0.15) is 18.9 Å². The molecule has 1 aromatic rings. The van der Waals surface area contributed by atoms with Gasteiger partial charge in [0.2, 0.25) is 0 Å². The van der Waals surface area contributed by atoms with Crippen LogP contribution in [0.4, 0.5) is 5.69 Å². The van der Waals surface area contributed by atoms with Gasteiger partial charge in [0.15, 0.2) is 0 Å². The summed E-state index contributed by atoms with van der Waals surface area (Å²) < 4.78 is 0.955. The molecule has 3 nitrogen and oxygen atoms in total. The van der Waals surface area contributed by atoms with Crippen molar-refractivity contribution in [3.63, 3.8) is 0 Å². The lowest BCUT2D eigenvalue weighted by Gasteiger charge is -2.21. The summed E-state index contributed by atoms with van der Waals surface area (Å²) in [5.41, 5.74) is 7.48. The summed E-state index contributed by atoms with van der Waals surface area (Å²) in [6.45, 7) is 2.58. The maximum atomic E-state index is 9.26. The SMILES string of the molecule is CC(O)CCN(C)c1ccc(C(N)=S)cc1Br. The maximum absolute atomic E-state index is 9.26.